The maximum atomic E-state index is 14.1. The van der Waals surface area contributed by atoms with Gasteiger partial charge in [0, 0.05) is 13.0 Å². The molecule has 11 nitrogen and oxygen atoms in total. The molecule has 264 valence electrons. The van der Waals surface area contributed by atoms with Crippen molar-refractivity contribution in [2.24, 2.45) is 5.92 Å². The number of urea groups is 1. The molecule has 0 aliphatic carbocycles. The van der Waals surface area contributed by atoms with Crippen LogP contribution in [-0.4, -0.2) is 77.5 Å². The van der Waals surface area contributed by atoms with Crippen LogP contribution in [0.2, 0.25) is 0 Å². The minimum Gasteiger partial charge on any atom is -0.467 e. The topological polar surface area (TPSA) is 146 Å². The molecule has 4 N–H and O–H groups in total. The molecule has 0 radical (unpaired) electrons. The van der Waals surface area contributed by atoms with Crippen LogP contribution in [-0.2, 0) is 38.4 Å². The molecule has 0 heterocycles. The van der Waals surface area contributed by atoms with E-state index in [1.54, 1.807) is 34.6 Å². The molecule has 0 bridgehead atoms. The zero-order valence-corrected chi connectivity index (χ0v) is 29.2. The Morgan fingerprint density at radius 1 is 0.755 bits per heavy atom. The molecule has 0 spiro atoms. The third-order valence-corrected chi connectivity index (χ3v) is 7.69. The van der Waals surface area contributed by atoms with Crippen molar-refractivity contribution >= 4 is 24.0 Å². The smallest absolute Gasteiger partial charge is 0.407 e. The Morgan fingerprint density at radius 2 is 1.27 bits per heavy atom. The van der Waals surface area contributed by atoms with Crippen molar-refractivity contribution in [2.75, 3.05) is 13.7 Å². The standard InChI is InChI=1S/C38H50N4O7/c1-26(2)33(35(45)48-6)41-34(44)31(23-28-18-12-8-13-19-28)39-36(46)42(24-29-20-14-9-15-21-29)25-32(43)30(22-27-16-10-7-11-17-27)40-37(47)49-38(3,4)5/h7-21,26,30-33,43H,22-25H2,1-6H3,(H,39,46)(H,40,47)(H,41,44)/t30-,31-,32-,33-/m1/s1. The summed E-state index contributed by atoms with van der Waals surface area (Å²) in [5, 5.41) is 20.0. The van der Waals surface area contributed by atoms with Crippen LogP contribution in [0, 0.1) is 5.92 Å². The van der Waals surface area contributed by atoms with Gasteiger partial charge >= 0.3 is 18.1 Å². The molecule has 49 heavy (non-hydrogen) atoms. The molecule has 0 unspecified atom stereocenters. The first-order valence-electron chi connectivity index (χ1n) is 16.5. The number of carbonyl (C=O) groups is 4. The quantitative estimate of drug-likeness (QED) is 0.172. The number of nitrogens with zero attached hydrogens (tertiary/aromatic N) is 1. The van der Waals surface area contributed by atoms with E-state index in [2.05, 4.69) is 16.0 Å². The van der Waals surface area contributed by atoms with E-state index in [-0.39, 0.29) is 31.8 Å². The van der Waals surface area contributed by atoms with Crippen molar-refractivity contribution in [3.8, 4) is 0 Å². The Kier molecular flexibility index (Phi) is 14.6. The van der Waals surface area contributed by atoms with E-state index in [1.807, 2.05) is 91.0 Å². The molecule has 0 saturated carbocycles. The predicted molar refractivity (Wildman–Crippen MR) is 187 cm³/mol. The summed E-state index contributed by atoms with van der Waals surface area (Å²) in [7, 11) is 1.25. The summed E-state index contributed by atoms with van der Waals surface area (Å²) in [6.45, 7) is 8.72. The molecular weight excluding hydrogens is 624 g/mol. The van der Waals surface area contributed by atoms with Gasteiger partial charge in [-0.15, -0.1) is 0 Å². The zero-order valence-electron chi connectivity index (χ0n) is 29.2. The Hall–Kier alpha value is -4.90. The highest BCUT2D eigenvalue weighted by Crippen LogP contribution is 2.14. The number of carbonyl (C=O) groups excluding carboxylic acids is 4. The highest BCUT2D eigenvalue weighted by Gasteiger charge is 2.32. The van der Waals surface area contributed by atoms with E-state index < -0.39 is 53.8 Å². The highest BCUT2D eigenvalue weighted by molar-refractivity contribution is 5.90. The van der Waals surface area contributed by atoms with Gasteiger partial charge in [0.05, 0.1) is 25.8 Å². The van der Waals surface area contributed by atoms with Gasteiger partial charge in [0.25, 0.3) is 0 Å². The van der Waals surface area contributed by atoms with Gasteiger partial charge < -0.3 is 35.4 Å². The molecule has 4 atom stereocenters. The van der Waals surface area contributed by atoms with Crippen LogP contribution in [0.5, 0.6) is 0 Å². The molecule has 0 aromatic heterocycles. The molecule has 11 heteroatoms. The summed E-state index contributed by atoms with van der Waals surface area (Å²) in [6, 6.07) is 24.4. The Labute approximate surface area is 289 Å². The molecule has 3 rings (SSSR count). The summed E-state index contributed by atoms with van der Waals surface area (Å²) < 4.78 is 10.4. The zero-order chi connectivity index (χ0) is 36.0. The van der Waals surface area contributed by atoms with Crippen molar-refractivity contribution in [3.05, 3.63) is 108 Å². The fourth-order valence-electron chi connectivity index (χ4n) is 5.16. The molecule has 0 aliphatic rings. The van der Waals surface area contributed by atoms with Crippen LogP contribution in [0.25, 0.3) is 0 Å². The summed E-state index contributed by atoms with van der Waals surface area (Å²) in [5.74, 6) is -1.42. The molecule has 0 fully saturated rings. The number of nitrogens with one attached hydrogen (secondary N) is 3. The molecule has 0 aliphatic heterocycles. The number of amides is 4. The number of aliphatic hydroxyl groups is 1. The second-order valence-corrected chi connectivity index (χ2v) is 13.3. The fourth-order valence-corrected chi connectivity index (χ4v) is 5.16. The van der Waals surface area contributed by atoms with Gasteiger partial charge in [-0.3, -0.25) is 4.79 Å². The second-order valence-electron chi connectivity index (χ2n) is 13.3. The lowest BCUT2D eigenvalue weighted by atomic mass is 10.0. The third kappa shape index (κ3) is 13.3. The van der Waals surface area contributed by atoms with Crippen molar-refractivity contribution in [2.45, 2.75) is 83.8 Å². The molecule has 3 aromatic carbocycles. The maximum absolute atomic E-state index is 14.1. The Bertz CT molecular complexity index is 1480. The monoisotopic (exact) mass is 674 g/mol. The van der Waals surface area contributed by atoms with Crippen LogP contribution < -0.4 is 16.0 Å². The van der Waals surface area contributed by atoms with E-state index in [0.29, 0.717) is 0 Å². The Balaban J connectivity index is 1.91. The van der Waals surface area contributed by atoms with Crippen LogP contribution in [0.4, 0.5) is 9.59 Å². The lowest BCUT2D eigenvalue weighted by molar-refractivity contribution is -0.146. The van der Waals surface area contributed by atoms with Gasteiger partial charge in [-0.1, -0.05) is 105 Å². The summed E-state index contributed by atoms with van der Waals surface area (Å²) in [4.78, 5) is 54.5. The molecule has 3 aromatic rings. The van der Waals surface area contributed by atoms with E-state index in [0.717, 1.165) is 16.7 Å². The fraction of sp³-hybridized carbons (Fsp3) is 0.421. The van der Waals surface area contributed by atoms with Crippen LogP contribution >= 0.6 is 0 Å². The lowest BCUT2D eigenvalue weighted by Crippen LogP contribution is -2.57. The number of aliphatic hydroxyl groups excluding tert-OH is 1. The minimum atomic E-state index is -1.23. The SMILES string of the molecule is COC(=O)[C@H](NC(=O)[C@@H](Cc1ccccc1)NC(=O)N(Cc1ccccc1)C[C@@H](O)[C@@H](Cc1ccccc1)NC(=O)OC(C)(C)C)C(C)C. The number of hydrogen-bond acceptors (Lipinski definition) is 7. The van der Waals surface area contributed by atoms with Gasteiger partial charge in [-0.25, -0.2) is 14.4 Å². The number of methoxy groups -OCH3 is 1. The molecular formula is C38H50N4O7. The third-order valence-electron chi connectivity index (χ3n) is 7.69. The average molecular weight is 675 g/mol. The number of rotatable bonds is 15. The molecule has 4 amide bonds. The average Bonchev–Trinajstić information content (AvgIpc) is 3.06. The second kappa shape index (κ2) is 18.6. The molecule has 0 saturated heterocycles. The first kappa shape index (κ1) is 38.5. The largest absolute Gasteiger partial charge is 0.467 e. The van der Waals surface area contributed by atoms with Crippen molar-refractivity contribution < 1.29 is 33.8 Å². The van der Waals surface area contributed by atoms with Crippen LogP contribution in [0.1, 0.15) is 51.3 Å². The van der Waals surface area contributed by atoms with Crippen LogP contribution in [0.3, 0.4) is 0 Å². The summed E-state index contributed by atoms with van der Waals surface area (Å²) >= 11 is 0. The predicted octanol–water partition coefficient (Wildman–Crippen LogP) is 4.62. The highest BCUT2D eigenvalue weighted by atomic mass is 16.6. The first-order chi connectivity index (χ1) is 23.3. The van der Waals surface area contributed by atoms with Gasteiger partial charge in [0.2, 0.25) is 5.91 Å². The van der Waals surface area contributed by atoms with Gasteiger partial charge in [-0.2, -0.15) is 0 Å². The van der Waals surface area contributed by atoms with Crippen molar-refractivity contribution in [1.82, 2.24) is 20.9 Å². The van der Waals surface area contributed by atoms with Gasteiger partial charge in [-0.05, 0) is 49.8 Å². The van der Waals surface area contributed by atoms with E-state index >= 15 is 0 Å². The van der Waals surface area contributed by atoms with Gasteiger partial charge in [0.15, 0.2) is 0 Å². The van der Waals surface area contributed by atoms with E-state index in [1.165, 1.54) is 12.0 Å². The number of alkyl carbamates (subject to hydrolysis) is 1. The minimum absolute atomic E-state index is 0.102. The van der Waals surface area contributed by atoms with Crippen LogP contribution in [0.15, 0.2) is 91.0 Å². The van der Waals surface area contributed by atoms with Gasteiger partial charge in [0.1, 0.15) is 17.7 Å². The summed E-state index contributed by atoms with van der Waals surface area (Å²) in [5.41, 5.74) is 1.69. The number of esters is 1. The Morgan fingerprint density at radius 3 is 1.76 bits per heavy atom. The lowest BCUT2D eigenvalue weighted by Gasteiger charge is -2.32. The maximum Gasteiger partial charge on any atom is 0.407 e. The van der Waals surface area contributed by atoms with E-state index in [9.17, 15) is 24.3 Å². The number of hydrogen-bond donors (Lipinski definition) is 4. The first-order valence-corrected chi connectivity index (χ1v) is 16.5. The number of benzene rings is 3. The summed E-state index contributed by atoms with van der Waals surface area (Å²) in [6.07, 6.45) is -1.52. The van der Waals surface area contributed by atoms with E-state index in [4.69, 9.17) is 9.47 Å². The van der Waals surface area contributed by atoms with Crippen molar-refractivity contribution in [1.29, 1.82) is 0 Å². The van der Waals surface area contributed by atoms with Crippen molar-refractivity contribution in [3.63, 3.8) is 0 Å². The normalized spacial score (nSPS) is 13.7. The number of ether oxygens (including phenoxy) is 2.